The van der Waals surface area contributed by atoms with Gasteiger partial charge in [-0.3, -0.25) is 4.55 Å². The van der Waals surface area contributed by atoms with Crippen molar-refractivity contribution in [2.75, 3.05) is 0 Å². The van der Waals surface area contributed by atoms with Crippen molar-refractivity contribution in [2.24, 2.45) is 0 Å². The third-order valence-corrected chi connectivity index (χ3v) is 4.44. The Morgan fingerprint density at radius 2 is 1.92 bits per heavy atom. The van der Waals surface area contributed by atoms with E-state index in [1.807, 2.05) is 39.0 Å². The van der Waals surface area contributed by atoms with Crippen molar-refractivity contribution >= 4 is 16.8 Å². The summed E-state index contributed by atoms with van der Waals surface area (Å²) >= 11 is -2.07. The molecule has 25 heavy (non-hydrogen) atoms. The average molecular weight is 361 g/mol. The highest BCUT2D eigenvalue weighted by molar-refractivity contribution is 7.77. The molecule has 0 aliphatic carbocycles. The lowest BCUT2D eigenvalue weighted by molar-refractivity contribution is 0.158. The summed E-state index contributed by atoms with van der Waals surface area (Å²) < 4.78 is 41.6. The molecule has 3 rings (SSSR count). The van der Waals surface area contributed by atoms with E-state index in [2.05, 4.69) is 4.72 Å². The lowest BCUT2D eigenvalue weighted by Gasteiger charge is -2.32. The van der Waals surface area contributed by atoms with E-state index in [4.69, 9.17) is 9.29 Å². The molecule has 1 aliphatic heterocycles. The van der Waals surface area contributed by atoms with E-state index in [9.17, 15) is 8.60 Å². The van der Waals surface area contributed by atoms with Crippen LogP contribution < -0.4 is 9.46 Å². The summed E-state index contributed by atoms with van der Waals surface area (Å²) in [5, 5.41) is 0. The van der Waals surface area contributed by atoms with Crippen molar-refractivity contribution in [2.45, 2.75) is 32.9 Å². The summed E-state index contributed by atoms with van der Waals surface area (Å²) in [5.41, 5.74) is 4.20. The Bertz CT molecular complexity index is 860. The summed E-state index contributed by atoms with van der Waals surface area (Å²) in [6.45, 7) is 6.15. The first kappa shape index (κ1) is 17.8. The van der Waals surface area contributed by atoms with Gasteiger partial charge in [-0.05, 0) is 67.3 Å². The molecule has 0 aromatic heterocycles. The van der Waals surface area contributed by atoms with Gasteiger partial charge in [-0.1, -0.05) is 18.2 Å². The average Bonchev–Trinajstić information content (AvgIpc) is 2.51. The van der Waals surface area contributed by atoms with Gasteiger partial charge in [0, 0.05) is 12.1 Å². The van der Waals surface area contributed by atoms with Crippen LogP contribution in [0.2, 0.25) is 0 Å². The molecule has 1 heterocycles. The lowest BCUT2D eigenvalue weighted by atomic mass is 9.87. The fraction of sp³-hybridized carbons (Fsp3) is 0.263. The van der Waals surface area contributed by atoms with E-state index in [0.29, 0.717) is 5.75 Å². The maximum Gasteiger partial charge on any atom is 0.232 e. The molecule has 1 atom stereocenters. The molecule has 0 saturated heterocycles. The molecule has 1 unspecified atom stereocenters. The van der Waals surface area contributed by atoms with Gasteiger partial charge in [-0.2, -0.15) is 0 Å². The third-order valence-electron chi connectivity index (χ3n) is 4.05. The molecule has 2 N–H and O–H groups in total. The third kappa shape index (κ3) is 3.98. The van der Waals surface area contributed by atoms with Gasteiger partial charge in [0.15, 0.2) is 0 Å². The van der Waals surface area contributed by atoms with E-state index in [1.54, 1.807) is 12.1 Å². The first-order chi connectivity index (χ1) is 11.7. The summed E-state index contributed by atoms with van der Waals surface area (Å²) in [6.07, 6.45) is 2.04. The number of rotatable bonds is 4. The van der Waals surface area contributed by atoms with Crippen LogP contribution in [0.4, 0.5) is 4.39 Å². The van der Waals surface area contributed by atoms with Gasteiger partial charge >= 0.3 is 0 Å². The van der Waals surface area contributed by atoms with Crippen LogP contribution in [0.5, 0.6) is 5.75 Å². The van der Waals surface area contributed by atoms with Crippen LogP contribution >= 0.6 is 0 Å². The van der Waals surface area contributed by atoms with E-state index < -0.39 is 16.9 Å². The Balaban J connectivity index is 2.09. The lowest BCUT2D eigenvalue weighted by Crippen LogP contribution is -2.29. The minimum Gasteiger partial charge on any atom is -0.483 e. The standard InChI is InChI=1S/C19H20FNO3S/c1-12-8-13(11-21-25(22)23)9-17-18(12)16(10-19(2,3)24-17)14-4-6-15(20)7-5-14/h4-10,21H,11H2,1-3H3,(H,22,23). The molecular weight excluding hydrogens is 341 g/mol. The van der Waals surface area contributed by atoms with Gasteiger partial charge in [-0.15, -0.1) is 0 Å². The second-order valence-electron chi connectivity index (χ2n) is 6.63. The van der Waals surface area contributed by atoms with Gasteiger partial charge in [-0.25, -0.2) is 13.3 Å². The SMILES string of the molecule is Cc1cc(CNS(=O)O)cc2c1C(c1ccc(F)cc1)=CC(C)(C)O2. The minimum absolute atomic E-state index is 0.261. The number of nitrogens with one attached hydrogen (secondary N) is 1. The Hall–Kier alpha value is -2.02. The summed E-state index contributed by atoms with van der Waals surface area (Å²) in [7, 11) is 0. The second kappa shape index (κ2) is 6.71. The maximum absolute atomic E-state index is 13.3. The largest absolute Gasteiger partial charge is 0.483 e. The van der Waals surface area contributed by atoms with Gasteiger partial charge in [0.25, 0.3) is 0 Å². The van der Waals surface area contributed by atoms with Crippen LogP contribution in [0.25, 0.3) is 5.57 Å². The number of fused-ring (bicyclic) bond motifs is 1. The van der Waals surface area contributed by atoms with Crippen LogP contribution in [0, 0.1) is 12.7 Å². The zero-order valence-corrected chi connectivity index (χ0v) is 15.1. The Kier molecular flexibility index (Phi) is 4.77. The fourth-order valence-corrected chi connectivity index (χ4v) is 3.38. The summed E-state index contributed by atoms with van der Waals surface area (Å²) in [5.74, 6) is 0.443. The second-order valence-corrected chi connectivity index (χ2v) is 7.41. The molecule has 2 aromatic carbocycles. The minimum atomic E-state index is -2.07. The first-order valence-corrected chi connectivity index (χ1v) is 9.02. The predicted molar refractivity (Wildman–Crippen MR) is 97.0 cm³/mol. The Morgan fingerprint density at radius 3 is 2.56 bits per heavy atom. The predicted octanol–water partition coefficient (Wildman–Crippen LogP) is 3.96. The molecule has 1 aliphatic rings. The van der Waals surface area contributed by atoms with Gasteiger partial charge in [0.2, 0.25) is 11.3 Å². The molecule has 0 saturated carbocycles. The highest BCUT2D eigenvalue weighted by Crippen LogP contribution is 2.41. The number of aryl methyl sites for hydroxylation is 1. The van der Waals surface area contributed by atoms with Crippen LogP contribution in [0.3, 0.4) is 0 Å². The molecule has 2 aromatic rings. The van der Waals surface area contributed by atoms with Crippen molar-refractivity contribution in [3.63, 3.8) is 0 Å². The highest BCUT2D eigenvalue weighted by Gasteiger charge is 2.28. The van der Waals surface area contributed by atoms with Crippen molar-refractivity contribution in [3.8, 4) is 5.75 Å². The zero-order chi connectivity index (χ0) is 18.2. The van der Waals surface area contributed by atoms with Gasteiger partial charge in [0.1, 0.15) is 17.2 Å². The molecule has 4 nitrogen and oxygen atoms in total. The summed E-state index contributed by atoms with van der Waals surface area (Å²) in [4.78, 5) is 0. The van der Waals surface area contributed by atoms with Crippen LogP contribution in [0.15, 0.2) is 42.5 Å². The number of benzene rings is 2. The monoisotopic (exact) mass is 361 g/mol. The highest BCUT2D eigenvalue weighted by atomic mass is 32.2. The van der Waals surface area contributed by atoms with Crippen molar-refractivity contribution in [3.05, 3.63) is 70.5 Å². The summed E-state index contributed by atoms with van der Waals surface area (Å²) in [6, 6.07) is 10.2. The van der Waals surface area contributed by atoms with Gasteiger partial charge in [0.05, 0.1) is 0 Å². The number of hydrogen-bond donors (Lipinski definition) is 2. The van der Waals surface area contributed by atoms with Crippen molar-refractivity contribution < 1.29 is 17.9 Å². The fourth-order valence-electron chi connectivity index (χ4n) is 3.09. The zero-order valence-electron chi connectivity index (χ0n) is 14.3. The number of halogens is 1. The topological polar surface area (TPSA) is 58.6 Å². The maximum atomic E-state index is 13.3. The smallest absolute Gasteiger partial charge is 0.232 e. The van der Waals surface area contributed by atoms with E-state index in [-0.39, 0.29) is 12.4 Å². The molecular formula is C19H20FNO3S. The van der Waals surface area contributed by atoms with Crippen LogP contribution in [-0.4, -0.2) is 14.4 Å². The van der Waals surface area contributed by atoms with Crippen molar-refractivity contribution in [1.82, 2.24) is 4.72 Å². The molecule has 0 radical (unpaired) electrons. The molecule has 0 bridgehead atoms. The molecule has 0 amide bonds. The number of hydrogen-bond acceptors (Lipinski definition) is 2. The molecule has 0 spiro atoms. The van der Waals surface area contributed by atoms with E-state index >= 15 is 0 Å². The van der Waals surface area contributed by atoms with Crippen molar-refractivity contribution in [1.29, 1.82) is 0 Å². The Morgan fingerprint density at radius 1 is 1.24 bits per heavy atom. The molecule has 0 fully saturated rings. The van der Waals surface area contributed by atoms with Gasteiger partial charge < -0.3 is 4.74 Å². The molecule has 132 valence electrons. The first-order valence-electron chi connectivity index (χ1n) is 7.91. The van der Waals surface area contributed by atoms with E-state index in [1.165, 1.54) is 12.1 Å². The molecule has 6 heteroatoms. The van der Waals surface area contributed by atoms with Crippen LogP contribution in [-0.2, 0) is 17.8 Å². The quantitative estimate of drug-likeness (QED) is 0.811. The Labute approximate surface area is 149 Å². The van der Waals surface area contributed by atoms with E-state index in [0.717, 1.165) is 27.8 Å². The van der Waals surface area contributed by atoms with Crippen LogP contribution in [0.1, 0.15) is 36.1 Å². The number of ether oxygens (including phenoxy) is 1. The normalized spacial score (nSPS) is 16.6.